The monoisotopic (exact) mass is 194 g/mol. The zero-order chi connectivity index (χ0) is 10.4. The van der Waals surface area contributed by atoms with Crippen LogP contribution in [0.3, 0.4) is 0 Å². The van der Waals surface area contributed by atoms with Crippen LogP contribution in [0.2, 0.25) is 0 Å². The molecule has 0 unspecified atom stereocenters. The third-order valence-corrected chi connectivity index (χ3v) is 1.76. The summed E-state index contributed by atoms with van der Waals surface area (Å²) in [6.45, 7) is 2.09. The van der Waals surface area contributed by atoms with E-state index in [0.717, 1.165) is 18.6 Å². The van der Waals surface area contributed by atoms with E-state index in [2.05, 4.69) is 11.7 Å². The van der Waals surface area contributed by atoms with Crippen molar-refractivity contribution in [3.05, 3.63) is 29.7 Å². The average molecular weight is 194 g/mol. The van der Waals surface area contributed by atoms with Gasteiger partial charge in [0.25, 0.3) is 0 Å². The fraction of sp³-hybridized carbons (Fsp3) is 0.364. The maximum Gasteiger partial charge on any atom is 0.330 e. The van der Waals surface area contributed by atoms with E-state index < -0.39 is 0 Å². The van der Waals surface area contributed by atoms with E-state index in [-0.39, 0.29) is 5.97 Å². The number of rotatable bonds is 4. The Morgan fingerprint density at radius 2 is 2.36 bits per heavy atom. The third-order valence-electron chi connectivity index (χ3n) is 1.76. The van der Waals surface area contributed by atoms with Gasteiger partial charge in [0.2, 0.25) is 0 Å². The average Bonchev–Trinajstić information content (AvgIpc) is 2.63. The number of methoxy groups -OCH3 is 1. The summed E-state index contributed by atoms with van der Waals surface area (Å²) in [6, 6.07) is 3.75. The predicted molar refractivity (Wildman–Crippen MR) is 53.8 cm³/mol. The molecule has 1 aromatic rings. The highest BCUT2D eigenvalue weighted by atomic mass is 16.5. The van der Waals surface area contributed by atoms with Crippen LogP contribution in [-0.2, 0) is 16.0 Å². The number of hydrogen-bond acceptors (Lipinski definition) is 3. The molecule has 0 fully saturated rings. The highest BCUT2D eigenvalue weighted by Crippen LogP contribution is 2.11. The smallest absolute Gasteiger partial charge is 0.330 e. The molecule has 0 aromatic carbocycles. The molecule has 0 spiro atoms. The molecule has 0 aliphatic rings. The van der Waals surface area contributed by atoms with E-state index in [0.29, 0.717) is 5.76 Å². The Labute approximate surface area is 83.4 Å². The lowest BCUT2D eigenvalue weighted by Gasteiger charge is -1.90. The van der Waals surface area contributed by atoms with Crippen molar-refractivity contribution in [3.8, 4) is 0 Å². The number of aryl methyl sites for hydroxylation is 1. The van der Waals surface area contributed by atoms with Gasteiger partial charge >= 0.3 is 5.97 Å². The molecule has 3 heteroatoms. The first-order chi connectivity index (χ1) is 6.76. The van der Waals surface area contributed by atoms with E-state index in [4.69, 9.17) is 4.42 Å². The molecule has 76 valence electrons. The molecule has 0 aliphatic heterocycles. The van der Waals surface area contributed by atoms with Crippen LogP contribution in [0.4, 0.5) is 0 Å². The molecule has 0 amide bonds. The summed E-state index contributed by atoms with van der Waals surface area (Å²) in [5.41, 5.74) is 0. The Morgan fingerprint density at radius 1 is 1.57 bits per heavy atom. The second-order valence-electron chi connectivity index (χ2n) is 2.91. The number of carbonyl (C=O) groups excluding carboxylic acids is 1. The van der Waals surface area contributed by atoms with Gasteiger partial charge in [0.15, 0.2) is 0 Å². The Bertz CT molecular complexity index is 323. The van der Waals surface area contributed by atoms with Crippen molar-refractivity contribution < 1.29 is 13.9 Å². The fourth-order valence-corrected chi connectivity index (χ4v) is 1.08. The molecular formula is C11H14O3. The van der Waals surface area contributed by atoms with Crippen molar-refractivity contribution in [2.24, 2.45) is 0 Å². The molecule has 0 bridgehead atoms. The second kappa shape index (κ2) is 5.27. The van der Waals surface area contributed by atoms with Crippen LogP contribution in [0.1, 0.15) is 24.9 Å². The molecule has 1 heterocycles. The first-order valence-electron chi connectivity index (χ1n) is 4.61. The zero-order valence-corrected chi connectivity index (χ0v) is 8.45. The van der Waals surface area contributed by atoms with Gasteiger partial charge in [-0.25, -0.2) is 4.79 Å². The predicted octanol–water partition coefficient (Wildman–Crippen LogP) is 2.42. The molecule has 0 radical (unpaired) electrons. The Morgan fingerprint density at radius 3 is 3.00 bits per heavy atom. The minimum Gasteiger partial charge on any atom is -0.466 e. The van der Waals surface area contributed by atoms with Crippen molar-refractivity contribution in [1.82, 2.24) is 0 Å². The van der Waals surface area contributed by atoms with Gasteiger partial charge in [-0.2, -0.15) is 0 Å². The van der Waals surface area contributed by atoms with Gasteiger partial charge in [0.1, 0.15) is 11.5 Å². The molecule has 0 N–H and O–H groups in total. The standard InChI is InChI=1S/C11H14O3/c1-3-4-9-5-6-10(14-9)7-8-11(12)13-2/h5-8H,3-4H2,1-2H3/b8-7+. The Balaban J connectivity index is 2.59. The number of carbonyl (C=O) groups is 1. The van der Waals surface area contributed by atoms with Gasteiger partial charge in [-0.3, -0.25) is 0 Å². The quantitative estimate of drug-likeness (QED) is 0.545. The van der Waals surface area contributed by atoms with Crippen LogP contribution in [-0.4, -0.2) is 13.1 Å². The Kier molecular flexibility index (Phi) is 3.98. The number of esters is 1. The zero-order valence-electron chi connectivity index (χ0n) is 8.45. The molecule has 0 saturated carbocycles. The number of furan rings is 1. The van der Waals surface area contributed by atoms with E-state index in [1.165, 1.54) is 13.2 Å². The van der Waals surface area contributed by atoms with Crippen LogP contribution < -0.4 is 0 Å². The van der Waals surface area contributed by atoms with E-state index in [1.807, 2.05) is 12.1 Å². The molecule has 0 aliphatic carbocycles. The van der Waals surface area contributed by atoms with Gasteiger partial charge in [0, 0.05) is 12.5 Å². The first kappa shape index (κ1) is 10.6. The van der Waals surface area contributed by atoms with Crippen molar-refractivity contribution >= 4 is 12.0 Å². The highest BCUT2D eigenvalue weighted by Gasteiger charge is 1.98. The summed E-state index contributed by atoms with van der Waals surface area (Å²) in [7, 11) is 1.34. The SMILES string of the molecule is CCCc1ccc(/C=C/C(=O)OC)o1. The third kappa shape index (κ3) is 3.09. The molecule has 0 atom stereocenters. The largest absolute Gasteiger partial charge is 0.466 e. The Hall–Kier alpha value is -1.51. The summed E-state index contributed by atoms with van der Waals surface area (Å²) in [5, 5.41) is 0. The van der Waals surface area contributed by atoms with Crippen LogP contribution in [0.15, 0.2) is 22.6 Å². The van der Waals surface area contributed by atoms with Crippen LogP contribution in [0, 0.1) is 0 Å². The summed E-state index contributed by atoms with van der Waals surface area (Å²) in [4.78, 5) is 10.8. The van der Waals surface area contributed by atoms with Gasteiger partial charge in [-0.15, -0.1) is 0 Å². The summed E-state index contributed by atoms with van der Waals surface area (Å²) in [6.07, 6.45) is 4.92. The van der Waals surface area contributed by atoms with Crippen LogP contribution in [0.25, 0.3) is 6.08 Å². The lowest BCUT2D eigenvalue weighted by Crippen LogP contribution is -1.92. The minimum atomic E-state index is -0.376. The van der Waals surface area contributed by atoms with Gasteiger partial charge < -0.3 is 9.15 Å². The minimum absolute atomic E-state index is 0.376. The maximum atomic E-state index is 10.8. The first-order valence-corrected chi connectivity index (χ1v) is 4.61. The lowest BCUT2D eigenvalue weighted by atomic mass is 10.3. The molecular weight excluding hydrogens is 180 g/mol. The molecule has 14 heavy (non-hydrogen) atoms. The van der Waals surface area contributed by atoms with Crippen molar-refractivity contribution in [2.45, 2.75) is 19.8 Å². The van der Waals surface area contributed by atoms with Crippen molar-refractivity contribution in [2.75, 3.05) is 7.11 Å². The molecule has 3 nitrogen and oxygen atoms in total. The molecule has 0 saturated heterocycles. The van der Waals surface area contributed by atoms with Gasteiger partial charge in [-0.1, -0.05) is 6.92 Å². The highest BCUT2D eigenvalue weighted by molar-refractivity contribution is 5.86. The van der Waals surface area contributed by atoms with Gasteiger partial charge in [-0.05, 0) is 24.6 Å². The normalized spacial score (nSPS) is 10.7. The van der Waals surface area contributed by atoms with Crippen molar-refractivity contribution in [1.29, 1.82) is 0 Å². The fourth-order valence-electron chi connectivity index (χ4n) is 1.08. The topological polar surface area (TPSA) is 39.4 Å². The number of hydrogen-bond donors (Lipinski definition) is 0. The molecule has 1 rings (SSSR count). The summed E-state index contributed by atoms with van der Waals surface area (Å²) < 4.78 is 9.88. The summed E-state index contributed by atoms with van der Waals surface area (Å²) in [5.74, 6) is 1.24. The number of ether oxygens (including phenoxy) is 1. The lowest BCUT2D eigenvalue weighted by molar-refractivity contribution is -0.134. The molecule has 1 aromatic heterocycles. The van der Waals surface area contributed by atoms with E-state index in [9.17, 15) is 4.79 Å². The van der Waals surface area contributed by atoms with E-state index in [1.54, 1.807) is 6.08 Å². The van der Waals surface area contributed by atoms with Crippen molar-refractivity contribution in [3.63, 3.8) is 0 Å². The summed E-state index contributed by atoms with van der Waals surface area (Å²) >= 11 is 0. The second-order valence-corrected chi connectivity index (χ2v) is 2.91. The van der Waals surface area contributed by atoms with Crippen LogP contribution in [0.5, 0.6) is 0 Å². The van der Waals surface area contributed by atoms with E-state index >= 15 is 0 Å². The van der Waals surface area contributed by atoms with Gasteiger partial charge in [0.05, 0.1) is 7.11 Å². The van der Waals surface area contributed by atoms with Crippen LogP contribution >= 0.6 is 0 Å². The maximum absolute atomic E-state index is 10.8.